The summed E-state index contributed by atoms with van der Waals surface area (Å²) in [5.74, 6) is 0.398. The Labute approximate surface area is 161 Å². The van der Waals surface area contributed by atoms with Crippen molar-refractivity contribution in [3.05, 3.63) is 65.7 Å². The van der Waals surface area contributed by atoms with Crippen LogP contribution in [0.4, 0.5) is 0 Å². The highest BCUT2D eigenvalue weighted by atomic mass is 16.4. The number of piperidine rings is 1. The van der Waals surface area contributed by atoms with Gasteiger partial charge in [0.25, 0.3) is 5.91 Å². The predicted octanol–water partition coefficient (Wildman–Crippen LogP) is 2.58. The van der Waals surface area contributed by atoms with Crippen molar-refractivity contribution in [3.63, 3.8) is 0 Å². The van der Waals surface area contributed by atoms with Crippen LogP contribution in [0.5, 0.6) is 0 Å². The van der Waals surface area contributed by atoms with E-state index in [-0.39, 0.29) is 17.5 Å². The second-order valence-electron chi connectivity index (χ2n) is 6.71. The van der Waals surface area contributed by atoms with Gasteiger partial charge in [-0.2, -0.15) is 5.10 Å². The highest BCUT2D eigenvalue weighted by molar-refractivity contribution is 5.96. The number of aromatic amines is 1. The van der Waals surface area contributed by atoms with Gasteiger partial charge in [0.1, 0.15) is 11.5 Å². The fraction of sp³-hybridized carbons (Fsp3) is 0.250. The van der Waals surface area contributed by atoms with Gasteiger partial charge < -0.3 is 10.0 Å². The maximum absolute atomic E-state index is 12.7. The number of nitrogens with one attached hydrogen (secondary N) is 1. The Kier molecular flexibility index (Phi) is 4.84. The molecule has 142 valence electrons. The summed E-state index contributed by atoms with van der Waals surface area (Å²) in [5.41, 5.74) is 1.18. The second kappa shape index (κ2) is 7.59. The Hall–Kier alpha value is -3.55. The molecule has 0 atom stereocenters. The third-order valence-electron chi connectivity index (χ3n) is 4.93. The Morgan fingerprint density at radius 3 is 2.57 bits per heavy atom. The molecule has 0 spiro atoms. The molecule has 1 aromatic carbocycles. The Bertz CT molecular complexity index is 994. The first kappa shape index (κ1) is 17.8. The highest BCUT2D eigenvalue weighted by Crippen LogP contribution is 2.27. The molecule has 4 rings (SSSR count). The van der Waals surface area contributed by atoms with Crippen LogP contribution in [0, 0.1) is 0 Å². The summed E-state index contributed by atoms with van der Waals surface area (Å²) in [6, 6.07) is 12.6. The average Bonchev–Trinajstić information content (AvgIpc) is 3.24. The molecule has 8 nitrogen and oxygen atoms in total. The lowest BCUT2D eigenvalue weighted by molar-refractivity contribution is 0.0690. The number of rotatable bonds is 4. The quantitative estimate of drug-likeness (QED) is 0.723. The van der Waals surface area contributed by atoms with Gasteiger partial charge in [0.2, 0.25) is 0 Å². The van der Waals surface area contributed by atoms with Gasteiger partial charge in [0.15, 0.2) is 5.82 Å². The lowest BCUT2D eigenvalue weighted by atomic mass is 9.95. The van der Waals surface area contributed by atoms with Crippen molar-refractivity contribution in [1.29, 1.82) is 0 Å². The Balaban J connectivity index is 1.41. The molecule has 0 bridgehead atoms. The van der Waals surface area contributed by atoms with Gasteiger partial charge in [-0.1, -0.05) is 30.3 Å². The molecule has 8 heteroatoms. The molecule has 0 aliphatic carbocycles. The minimum Gasteiger partial charge on any atom is -0.477 e. The van der Waals surface area contributed by atoms with Crippen LogP contribution in [0.2, 0.25) is 0 Å². The number of carbonyl (C=O) groups excluding carboxylic acids is 1. The number of carboxylic acid groups (broad SMARTS) is 1. The van der Waals surface area contributed by atoms with Crippen molar-refractivity contribution in [3.8, 4) is 11.4 Å². The van der Waals surface area contributed by atoms with E-state index in [4.69, 9.17) is 5.11 Å². The maximum Gasteiger partial charge on any atom is 0.354 e. The monoisotopic (exact) mass is 377 g/mol. The molecular formula is C20H19N5O3. The van der Waals surface area contributed by atoms with Gasteiger partial charge in [0.05, 0.1) is 0 Å². The average molecular weight is 377 g/mol. The Morgan fingerprint density at radius 2 is 1.86 bits per heavy atom. The molecular weight excluding hydrogens is 358 g/mol. The minimum absolute atomic E-state index is 0.129. The summed E-state index contributed by atoms with van der Waals surface area (Å²) in [6.07, 6.45) is 2.89. The van der Waals surface area contributed by atoms with Gasteiger partial charge >= 0.3 is 5.97 Å². The molecule has 1 saturated heterocycles. The van der Waals surface area contributed by atoms with Gasteiger partial charge in [0, 0.05) is 36.3 Å². The number of carbonyl (C=O) groups is 2. The van der Waals surface area contributed by atoms with Crippen LogP contribution in [0.3, 0.4) is 0 Å². The molecule has 0 unspecified atom stereocenters. The van der Waals surface area contributed by atoms with E-state index in [1.54, 1.807) is 11.0 Å². The molecule has 1 aliphatic heterocycles. The van der Waals surface area contributed by atoms with E-state index >= 15 is 0 Å². The number of nitrogens with zero attached hydrogens (tertiary/aromatic N) is 4. The van der Waals surface area contributed by atoms with Gasteiger partial charge in [-0.15, -0.1) is 0 Å². The standard InChI is InChI=1S/C20H19N5O3/c26-19(15-6-9-21-16(12-15)20(27)28)25-10-7-14(8-11-25)18-22-17(23-24-18)13-4-2-1-3-5-13/h1-6,9,12,14H,7-8,10-11H2,(H,27,28)(H,22,23,24). The number of H-pyrrole nitrogens is 1. The summed E-state index contributed by atoms with van der Waals surface area (Å²) in [7, 11) is 0. The molecule has 1 fully saturated rings. The van der Waals surface area contributed by atoms with Crippen LogP contribution in [0.15, 0.2) is 48.7 Å². The van der Waals surface area contributed by atoms with E-state index in [0.717, 1.165) is 24.2 Å². The fourth-order valence-corrected chi connectivity index (χ4v) is 3.39. The number of carboxylic acids is 1. The second-order valence-corrected chi connectivity index (χ2v) is 6.71. The van der Waals surface area contributed by atoms with Gasteiger partial charge in [-0.25, -0.2) is 14.8 Å². The molecule has 0 saturated carbocycles. The normalized spacial score (nSPS) is 14.8. The number of benzene rings is 1. The van der Waals surface area contributed by atoms with Crippen molar-refractivity contribution < 1.29 is 14.7 Å². The lowest BCUT2D eigenvalue weighted by Crippen LogP contribution is -2.38. The number of hydrogen-bond donors (Lipinski definition) is 2. The molecule has 28 heavy (non-hydrogen) atoms. The molecule has 1 aliphatic rings. The maximum atomic E-state index is 12.7. The van der Waals surface area contributed by atoms with Gasteiger partial charge in [-0.05, 0) is 25.0 Å². The van der Waals surface area contributed by atoms with Crippen molar-refractivity contribution in [2.75, 3.05) is 13.1 Å². The van der Waals surface area contributed by atoms with E-state index in [1.807, 2.05) is 30.3 Å². The fourth-order valence-electron chi connectivity index (χ4n) is 3.39. The summed E-state index contributed by atoms with van der Waals surface area (Å²) in [4.78, 5) is 33.8. The third kappa shape index (κ3) is 3.62. The third-order valence-corrected chi connectivity index (χ3v) is 4.93. The van der Waals surface area contributed by atoms with Crippen LogP contribution in [0.25, 0.3) is 11.4 Å². The van der Waals surface area contributed by atoms with Crippen LogP contribution >= 0.6 is 0 Å². The largest absolute Gasteiger partial charge is 0.477 e. The lowest BCUT2D eigenvalue weighted by Gasteiger charge is -2.31. The van der Waals surface area contributed by atoms with Crippen LogP contribution in [-0.4, -0.2) is 55.1 Å². The number of hydrogen-bond acceptors (Lipinski definition) is 5. The van der Waals surface area contributed by atoms with Crippen molar-refractivity contribution in [2.24, 2.45) is 0 Å². The van der Waals surface area contributed by atoms with E-state index in [0.29, 0.717) is 24.5 Å². The van der Waals surface area contributed by atoms with Gasteiger partial charge in [-0.3, -0.25) is 9.89 Å². The first-order valence-corrected chi connectivity index (χ1v) is 9.08. The topological polar surface area (TPSA) is 112 Å². The number of amides is 1. The number of aromatic carboxylic acids is 1. The molecule has 3 heterocycles. The molecule has 2 N–H and O–H groups in total. The molecule has 0 radical (unpaired) electrons. The zero-order valence-corrected chi connectivity index (χ0v) is 15.1. The van der Waals surface area contributed by atoms with E-state index in [1.165, 1.54) is 12.3 Å². The Morgan fingerprint density at radius 1 is 1.11 bits per heavy atom. The zero-order chi connectivity index (χ0) is 19.5. The molecule has 2 aromatic heterocycles. The summed E-state index contributed by atoms with van der Waals surface area (Å²) in [6.45, 7) is 1.16. The molecule has 3 aromatic rings. The first-order chi connectivity index (χ1) is 13.6. The van der Waals surface area contributed by atoms with Crippen molar-refractivity contribution >= 4 is 11.9 Å². The summed E-state index contributed by atoms with van der Waals surface area (Å²) >= 11 is 0. The van der Waals surface area contributed by atoms with E-state index < -0.39 is 5.97 Å². The van der Waals surface area contributed by atoms with Crippen molar-refractivity contribution in [1.82, 2.24) is 25.1 Å². The first-order valence-electron chi connectivity index (χ1n) is 9.08. The summed E-state index contributed by atoms with van der Waals surface area (Å²) in [5, 5.41) is 16.4. The SMILES string of the molecule is O=C(O)c1cc(C(=O)N2CCC(c3nc(-c4ccccc4)n[nH]3)CC2)ccn1. The predicted molar refractivity (Wildman–Crippen MR) is 101 cm³/mol. The number of likely N-dealkylation sites (tertiary alicyclic amines) is 1. The molecule has 1 amide bonds. The number of pyridine rings is 1. The minimum atomic E-state index is -1.15. The van der Waals surface area contributed by atoms with Crippen LogP contribution in [-0.2, 0) is 0 Å². The van der Waals surface area contributed by atoms with Crippen molar-refractivity contribution in [2.45, 2.75) is 18.8 Å². The van der Waals surface area contributed by atoms with E-state index in [2.05, 4.69) is 20.2 Å². The number of aromatic nitrogens is 4. The smallest absolute Gasteiger partial charge is 0.354 e. The van der Waals surface area contributed by atoms with Crippen LogP contribution < -0.4 is 0 Å². The van der Waals surface area contributed by atoms with E-state index in [9.17, 15) is 9.59 Å². The zero-order valence-electron chi connectivity index (χ0n) is 15.1. The van der Waals surface area contributed by atoms with Crippen LogP contribution in [0.1, 0.15) is 45.4 Å². The summed E-state index contributed by atoms with van der Waals surface area (Å²) < 4.78 is 0. The highest BCUT2D eigenvalue weighted by Gasteiger charge is 2.27.